The summed E-state index contributed by atoms with van der Waals surface area (Å²) in [5, 5.41) is 2.57. The van der Waals surface area contributed by atoms with Gasteiger partial charge in [-0.05, 0) is 112 Å². The topological polar surface area (TPSA) is 43.6 Å². The number of fused-ring (bicyclic) bond motifs is 9. The zero-order chi connectivity index (χ0) is 37.5. The summed E-state index contributed by atoms with van der Waals surface area (Å²) in [6.45, 7) is 0. The highest BCUT2D eigenvalue weighted by molar-refractivity contribution is 6.09. The molecule has 0 spiro atoms. The van der Waals surface area contributed by atoms with Crippen LogP contribution in [-0.4, -0.2) is 19.5 Å². The first kappa shape index (κ1) is 32.1. The SMILES string of the molecule is C1=CC(c2nc(-c3ccccc3)nc(-c3cccc4c3-c3cc(-c5ccc6c(c5)Cc5ccc(-n7c8ccccc8c8ccccc87)cc5-6)ccc3C4)n2)=CCC1. The summed E-state index contributed by atoms with van der Waals surface area (Å²) in [4.78, 5) is 15.3. The molecule has 3 aliphatic rings. The predicted molar refractivity (Wildman–Crippen MR) is 233 cm³/mol. The number of benzene rings is 7. The fourth-order valence-corrected chi connectivity index (χ4v) is 9.42. The Morgan fingerprint density at radius 2 is 1.12 bits per heavy atom. The van der Waals surface area contributed by atoms with Crippen molar-refractivity contribution in [1.29, 1.82) is 0 Å². The Balaban J connectivity index is 0.930. The van der Waals surface area contributed by atoms with E-state index in [4.69, 9.17) is 15.0 Å². The number of rotatable bonds is 5. The van der Waals surface area contributed by atoms with Crippen molar-refractivity contribution in [3.05, 3.63) is 198 Å². The Bertz CT molecular complexity index is 3130. The van der Waals surface area contributed by atoms with Crippen molar-refractivity contribution in [1.82, 2.24) is 19.5 Å². The molecular formula is C53H36N4. The summed E-state index contributed by atoms with van der Waals surface area (Å²) in [5.41, 5.74) is 19.8. The van der Waals surface area contributed by atoms with Crippen LogP contribution < -0.4 is 0 Å². The highest BCUT2D eigenvalue weighted by Gasteiger charge is 2.26. The van der Waals surface area contributed by atoms with Gasteiger partial charge in [0, 0.05) is 33.2 Å². The lowest BCUT2D eigenvalue weighted by molar-refractivity contribution is 1.01. The quantitative estimate of drug-likeness (QED) is 0.177. The molecule has 0 atom stereocenters. The highest BCUT2D eigenvalue weighted by atomic mass is 15.0. The van der Waals surface area contributed by atoms with Crippen LogP contribution in [0.3, 0.4) is 0 Å². The average Bonchev–Trinajstić information content (AvgIpc) is 3.95. The van der Waals surface area contributed by atoms with E-state index < -0.39 is 0 Å². The maximum absolute atomic E-state index is 5.15. The van der Waals surface area contributed by atoms with Gasteiger partial charge in [-0.3, -0.25) is 0 Å². The molecule has 2 heterocycles. The summed E-state index contributed by atoms with van der Waals surface area (Å²) >= 11 is 0. The number of hydrogen-bond acceptors (Lipinski definition) is 3. The molecule has 0 saturated carbocycles. The average molecular weight is 729 g/mol. The van der Waals surface area contributed by atoms with Gasteiger partial charge in [-0.25, -0.2) is 15.0 Å². The molecule has 0 unspecified atom stereocenters. The van der Waals surface area contributed by atoms with Crippen LogP contribution in [0.15, 0.2) is 170 Å². The first-order chi connectivity index (χ1) is 28.2. The van der Waals surface area contributed by atoms with Gasteiger partial charge in [0.15, 0.2) is 17.5 Å². The molecule has 4 nitrogen and oxygen atoms in total. The van der Waals surface area contributed by atoms with E-state index >= 15 is 0 Å². The zero-order valence-corrected chi connectivity index (χ0v) is 31.3. The van der Waals surface area contributed by atoms with Crippen LogP contribution in [0.4, 0.5) is 0 Å². The van der Waals surface area contributed by atoms with Crippen LogP contribution in [0, 0.1) is 0 Å². The molecule has 4 heteroatoms. The minimum absolute atomic E-state index is 0.696. The number of nitrogens with zero attached hydrogens (tertiary/aromatic N) is 4. The molecule has 0 aliphatic heterocycles. The van der Waals surface area contributed by atoms with Gasteiger partial charge in [0.25, 0.3) is 0 Å². The fraction of sp³-hybridized carbons (Fsp3) is 0.0755. The van der Waals surface area contributed by atoms with Crippen LogP contribution >= 0.6 is 0 Å². The van der Waals surface area contributed by atoms with Crippen LogP contribution in [0.2, 0.25) is 0 Å². The molecule has 2 aromatic heterocycles. The largest absolute Gasteiger partial charge is 0.309 e. The van der Waals surface area contributed by atoms with E-state index in [0.29, 0.717) is 11.6 Å². The first-order valence-corrected chi connectivity index (χ1v) is 19.9. The molecule has 268 valence electrons. The minimum atomic E-state index is 0.696. The lowest BCUT2D eigenvalue weighted by Gasteiger charge is -2.14. The van der Waals surface area contributed by atoms with Crippen molar-refractivity contribution in [3.63, 3.8) is 0 Å². The molecule has 9 aromatic rings. The maximum atomic E-state index is 5.15. The van der Waals surface area contributed by atoms with E-state index in [9.17, 15) is 0 Å². The van der Waals surface area contributed by atoms with Crippen molar-refractivity contribution >= 4 is 27.4 Å². The Morgan fingerprint density at radius 3 is 1.95 bits per heavy atom. The molecule has 3 aliphatic carbocycles. The van der Waals surface area contributed by atoms with Crippen LogP contribution in [0.5, 0.6) is 0 Å². The Hall–Kier alpha value is -7.17. The van der Waals surface area contributed by atoms with Gasteiger partial charge in [-0.2, -0.15) is 0 Å². The maximum Gasteiger partial charge on any atom is 0.164 e. The fourth-order valence-electron chi connectivity index (χ4n) is 9.42. The number of para-hydroxylation sites is 2. The normalized spacial score (nSPS) is 13.7. The standard InChI is InChI=1S/C53H36N4/c1-3-12-33(13-4-1)51-54-52(34-14-5-2-6-15-34)56-53(55-51)45-19-11-16-39-29-38-23-22-36(31-47(38)50(39)45)35-25-27-42-40(28-35)30-37-24-26-41(32-46(37)42)57-48-20-9-7-17-43(48)44-18-8-10-21-49(44)57/h1,3-5,7-28,31-32H,2,6,29-30H2. The number of allylic oxidation sites excluding steroid dienone is 4. The highest BCUT2D eigenvalue weighted by Crippen LogP contribution is 2.46. The van der Waals surface area contributed by atoms with Gasteiger partial charge in [-0.1, -0.05) is 140 Å². The van der Waals surface area contributed by atoms with Crippen molar-refractivity contribution in [2.45, 2.75) is 25.7 Å². The van der Waals surface area contributed by atoms with Crippen molar-refractivity contribution in [3.8, 4) is 61.8 Å². The molecule has 0 saturated heterocycles. The second kappa shape index (κ2) is 12.7. The third kappa shape index (κ3) is 5.18. The minimum Gasteiger partial charge on any atom is -0.309 e. The first-order valence-electron chi connectivity index (χ1n) is 19.9. The van der Waals surface area contributed by atoms with E-state index in [1.165, 1.54) is 83.1 Å². The molecule has 0 bridgehead atoms. The Morgan fingerprint density at radius 1 is 0.421 bits per heavy atom. The summed E-state index contributed by atoms with van der Waals surface area (Å²) in [6.07, 6.45) is 10.5. The van der Waals surface area contributed by atoms with Gasteiger partial charge in [0.1, 0.15) is 0 Å². The van der Waals surface area contributed by atoms with Gasteiger partial charge in [0.2, 0.25) is 0 Å². The van der Waals surface area contributed by atoms with Crippen molar-refractivity contribution in [2.24, 2.45) is 0 Å². The number of aromatic nitrogens is 4. The van der Waals surface area contributed by atoms with Crippen molar-refractivity contribution < 1.29 is 0 Å². The molecule has 0 radical (unpaired) electrons. The summed E-state index contributed by atoms with van der Waals surface area (Å²) in [6, 6.07) is 55.4. The smallest absolute Gasteiger partial charge is 0.164 e. The third-order valence-electron chi connectivity index (χ3n) is 12.1. The monoisotopic (exact) mass is 728 g/mol. The summed E-state index contributed by atoms with van der Waals surface area (Å²) in [7, 11) is 0. The molecule has 12 rings (SSSR count). The van der Waals surface area contributed by atoms with Gasteiger partial charge < -0.3 is 4.57 Å². The third-order valence-corrected chi connectivity index (χ3v) is 12.1. The van der Waals surface area contributed by atoms with Gasteiger partial charge >= 0.3 is 0 Å². The van der Waals surface area contributed by atoms with E-state index in [-0.39, 0.29) is 0 Å². The summed E-state index contributed by atoms with van der Waals surface area (Å²) < 4.78 is 2.42. The Labute approximate surface area is 331 Å². The second-order valence-corrected chi connectivity index (χ2v) is 15.5. The van der Waals surface area contributed by atoms with E-state index in [0.717, 1.165) is 48.2 Å². The van der Waals surface area contributed by atoms with E-state index in [2.05, 4.69) is 156 Å². The lowest BCUT2D eigenvalue weighted by atomic mass is 9.94. The molecule has 0 N–H and O–H groups in total. The van der Waals surface area contributed by atoms with E-state index in [1.807, 2.05) is 18.2 Å². The molecule has 0 amide bonds. The van der Waals surface area contributed by atoms with Crippen LogP contribution in [0.1, 0.15) is 40.9 Å². The zero-order valence-electron chi connectivity index (χ0n) is 31.3. The molecular weight excluding hydrogens is 693 g/mol. The van der Waals surface area contributed by atoms with Gasteiger partial charge in [0.05, 0.1) is 11.0 Å². The summed E-state index contributed by atoms with van der Waals surface area (Å²) in [5.74, 6) is 2.13. The van der Waals surface area contributed by atoms with E-state index in [1.54, 1.807) is 0 Å². The lowest BCUT2D eigenvalue weighted by Crippen LogP contribution is -2.03. The number of hydrogen-bond donors (Lipinski definition) is 0. The van der Waals surface area contributed by atoms with Crippen LogP contribution in [-0.2, 0) is 12.8 Å². The van der Waals surface area contributed by atoms with Crippen LogP contribution in [0.25, 0.3) is 89.2 Å². The molecule has 57 heavy (non-hydrogen) atoms. The van der Waals surface area contributed by atoms with Gasteiger partial charge in [-0.15, -0.1) is 0 Å². The predicted octanol–water partition coefficient (Wildman–Crippen LogP) is 12.8. The van der Waals surface area contributed by atoms with Crippen molar-refractivity contribution in [2.75, 3.05) is 0 Å². The molecule has 7 aromatic carbocycles. The Kier molecular flexibility index (Phi) is 7.15. The molecule has 0 fully saturated rings. The second-order valence-electron chi connectivity index (χ2n) is 15.5.